The molecule has 18 saturated carbocycles. The molecule has 12 bridgehead atoms. The normalized spacial score (nSPS) is 44.2. The Bertz CT molecular complexity index is 3120. The van der Waals surface area contributed by atoms with Gasteiger partial charge in [-0.05, 0) is 415 Å². The standard InChI is InChI=1S/C26H42O3.C26H44O3.C25H40O2.C23H38O2.8CH4/c1-4-16-9-17(5-2)25-22-12-19(24(16)25)10-18(22)11-21(27)13-23(28)29-26(3)14-15-6-7-20(26)8-15;1-6-17-12-18(7-2)24-20-13-19(23(17)24)14-21(20)25(5,28)15-22(27)29-26(16(3)4)10-8-9-11-26;1-4-16-10-17(5-2)24-21-12-19(23(16)24)11-18(21)13-22(26)27-25(6-3)14-15-7-8-20(25)9-15;1-4-15-12-16(5-2)22-19-14-18(21(15)22)13-17(19)8-9-20(24)25-23(3)10-6-7-11-23;;;;;;;;/h15-22,24-25,27H,4-14H2,1-3H3;16-21,23-24,28H,6-15H2,1-5H3;15-21,23-24H,4-14H2,1-3H3;15-19,21-22H,4-14H2,1-3H3;8*1H4. The van der Waals surface area contributed by atoms with Crippen molar-refractivity contribution < 1.29 is 48.3 Å². The summed E-state index contributed by atoms with van der Waals surface area (Å²) >= 11 is 0. The molecule has 2 N–H and O–H groups in total. The van der Waals surface area contributed by atoms with Gasteiger partial charge in [-0.3, -0.25) is 19.2 Å². The molecule has 18 fully saturated rings. The second-order valence-electron chi connectivity index (χ2n) is 44.6. The smallest absolute Gasteiger partial charge is 0.309 e. The Morgan fingerprint density at radius 2 is 0.814 bits per heavy atom. The fourth-order valence-corrected chi connectivity index (χ4v) is 35.0. The summed E-state index contributed by atoms with van der Waals surface area (Å²) in [5.41, 5.74) is -1.72. The van der Waals surface area contributed by atoms with Gasteiger partial charge in [-0.1, -0.05) is 187 Å². The maximum atomic E-state index is 13.0. The summed E-state index contributed by atoms with van der Waals surface area (Å²) in [6, 6.07) is 0. The van der Waals surface area contributed by atoms with E-state index in [9.17, 15) is 29.4 Å². The van der Waals surface area contributed by atoms with Crippen molar-refractivity contribution in [2.75, 3.05) is 0 Å². The van der Waals surface area contributed by atoms with Gasteiger partial charge >= 0.3 is 23.9 Å². The zero-order valence-electron chi connectivity index (χ0n) is 72.7. The van der Waals surface area contributed by atoms with Crippen molar-refractivity contribution in [1.82, 2.24) is 0 Å². The third-order valence-electron chi connectivity index (χ3n) is 39.5. The fraction of sp³-hybridized carbons (Fsp3) is 0.963. The minimum atomic E-state index is -0.930. The number of hydrogen-bond acceptors (Lipinski definition) is 10. The Balaban J connectivity index is 0.000000213. The monoisotopic (exact) mass is 1650 g/mol. The highest BCUT2D eigenvalue weighted by Crippen LogP contribution is 2.71. The number of esters is 4. The summed E-state index contributed by atoms with van der Waals surface area (Å²) < 4.78 is 24.2. The maximum Gasteiger partial charge on any atom is 0.309 e. The summed E-state index contributed by atoms with van der Waals surface area (Å²) in [5, 5.41) is 22.3. The molecule has 0 spiro atoms. The Morgan fingerprint density at radius 3 is 1.25 bits per heavy atom. The zero-order chi connectivity index (χ0) is 77.7. The molecule has 18 aliphatic rings. The topological polar surface area (TPSA) is 146 Å². The second kappa shape index (κ2) is 41.7. The van der Waals surface area contributed by atoms with E-state index in [0.29, 0.717) is 41.9 Å². The Kier molecular flexibility index (Phi) is 36.4. The third-order valence-corrected chi connectivity index (χ3v) is 39.5. The largest absolute Gasteiger partial charge is 0.459 e. The van der Waals surface area contributed by atoms with Crippen molar-refractivity contribution in [3.63, 3.8) is 0 Å². The van der Waals surface area contributed by atoms with E-state index in [-0.39, 0.29) is 124 Å². The molecule has 0 aromatic heterocycles. The highest BCUT2D eigenvalue weighted by atomic mass is 16.6. The summed E-state index contributed by atoms with van der Waals surface area (Å²) in [5.74, 6) is 27.0. The van der Waals surface area contributed by atoms with Crippen molar-refractivity contribution in [2.45, 2.75) is 467 Å². The molecular formula is C108H196O10. The van der Waals surface area contributed by atoms with Crippen LogP contribution in [0.4, 0.5) is 0 Å². The van der Waals surface area contributed by atoms with Gasteiger partial charge in [-0.25, -0.2) is 0 Å². The zero-order valence-corrected chi connectivity index (χ0v) is 72.7. The molecular weight excluding hydrogens is 1460 g/mol. The minimum absolute atomic E-state index is 0. The summed E-state index contributed by atoms with van der Waals surface area (Å²) in [6.45, 7) is 31.9. The van der Waals surface area contributed by atoms with Gasteiger partial charge in [0.2, 0.25) is 0 Å². The molecule has 36 atom stereocenters. The number of fused-ring (bicyclic) bond motifs is 24. The van der Waals surface area contributed by atoms with Gasteiger partial charge in [0.05, 0.1) is 24.5 Å². The van der Waals surface area contributed by atoms with Gasteiger partial charge in [0.1, 0.15) is 22.4 Å². The average molecular weight is 1650 g/mol. The Labute approximate surface area is 729 Å². The highest BCUT2D eigenvalue weighted by molar-refractivity contribution is 5.72. The predicted molar refractivity (Wildman–Crippen MR) is 493 cm³/mol. The molecule has 36 unspecified atom stereocenters. The minimum Gasteiger partial charge on any atom is -0.459 e. The van der Waals surface area contributed by atoms with Gasteiger partial charge in [-0.15, -0.1) is 0 Å². The third kappa shape index (κ3) is 19.5. The number of carbonyl (C=O) groups is 4. The molecule has 0 saturated heterocycles. The molecule has 10 nitrogen and oxygen atoms in total. The van der Waals surface area contributed by atoms with Crippen LogP contribution >= 0.6 is 0 Å². The second-order valence-corrected chi connectivity index (χ2v) is 44.6. The van der Waals surface area contributed by atoms with E-state index in [1.807, 2.05) is 6.92 Å². The molecule has 0 radical (unpaired) electrons. The molecule has 10 heteroatoms. The first-order valence-corrected chi connectivity index (χ1v) is 49.0. The lowest BCUT2D eigenvalue weighted by Gasteiger charge is -2.42. The van der Waals surface area contributed by atoms with Crippen LogP contribution in [0.1, 0.15) is 432 Å². The molecule has 0 aromatic carbocycles. The van der Waals surface area contributed by atoms with Gasteiger partial charge in [-0.2, -0.15) is 0 Å². The van der Waals surface area contributed by atoms with Crippen LogP contribution in [0.5, 0.6) is 0 Å². The Hall–Kier alpha value is -2.20. The van der Waals surface area contributed by atoms with Crippen LogP contribution in [0.2, 0.25) is 0 Å². The lowest BCUT2D eigenvalue weighted by atomic mass is 9.65. The fourth-order valence-electron chi connectivity index (χ4n) is 35.0. The molecule has 0 aliphatic heterocycles. The molecule has 0 aromatic rings. The average Bonchev–Trinajstić information content (AvgIpc) is 1.44. The van der Waals surface area contributed by atoms with Crippen LogP contribution < -0.4 is 0 Å². The van der Waals surface area contributed by atoms with Crippen LogP contribution in [0.15, 0.2) is 0 Å². The van der Waals surface area contributed by atoms with E-state index < -0.39 is 11.7 Å². The number of aliphatic hydroxyl groups excluding tert-OH is 1. The molecule has 118 heavy (non-hydrogen) atoms. The number of carbonyl (C=O) groups excluding carboxylic acids is 4. The lowest BCUT2D eigenvalue weighted by molar-refractivity contribution is -0.173. The van der Waals surface area contributed by atoms with Crippen LogP contribution in [-0.2, 0) is 38.1 Å². The summed E-state index contributed by atoms with van der Waals surface area (Å²) in [4.78, 5) is 51.0. The quantitative estimate of drug-likeness (QED) is 0.0634. The van der Waals surface area contributed by atoms with Crippen LogP contribution in [0.3, 0.4) is 0 Å². The number of ether oxygens (including phenoxy) is 4. The van der Waals surface area contributed by atoms with E-state index in [0.717, 1.165) is 237 Å². The van der Waals surface area contributed by atoms with Gasteiger partial charge in [0, 0.05) is 12.8 Å². The van der Waals surface area contributed by atoms with E-state index in [2.05, 4.69) is 90.0 Å². The van der Waals surface area contributed by atoms with Crippen molar-refractivity contribution in [2.24, 2.45) is 195 Å². The molecule has 688 valence electrons. The Morgan fingerprint density at radius 1 is 0.407 bits per heavy atom. The van der Waals surface area contributed by atoms with Crippen LogP contribution in [0.25, 0.3) is 0 Å². The van der Waals surface area contributed by atoms with Crippen molar-refractivity contribution in [3.8, 4) is 0 Å². The first-order chi connectivity index (χ1) is 52.8. The molecule has 0 amide bonds. The van der Waals surface area contributed by atoms with E-state index >= 15 is 0 Å². The SMILES string of the molecule is C.C.C.C.C.C.C.C.CCC1CC(CC)C2C3CC(CC3C(C)(O)CC(=O)OC3(C(C)C)CCCC3)C12.CCC1CC(CC)C2C3CC(CC3CC(=O)OC3(CC)CC4CCC3C4)C12.CCC1CC(CC)C2C3CC(CC3CC(O)CC(=O)OC3(C)CC4CCC3C4)C12.CCC1CC(CC)C2C3CC(CC3CCC(=O)OC3(C)CCCC3)C12. The predicted octanol–water partition coefficient (Wildman–Crippen LogP) is 28.9. The molecule has 18 rings (SSSR count). The number of hydrogen-bond donors (Lipinski definition) is 2. The van der Waals surface area contributed by atoms with Crippen molar-refractivity contribution >= 4 is 23.9 Å². The van der Waals surface area contributed by atoms with Crippen LogP contribution in [0, 0.1) is 195 Å². The van der Waals surface area contributed by atoms with E-state index in [1.54, 1.807) is 0 Å². The number of aliphatic hydroxyl groups is 2. The maximum absolute atomic E-state index is 13.0. The highest BCUT2D eigenvalue weighted by Gasteiger charge is 2.66. The van der Waals surface area contributed by atoms with Gasteiger partial charge in [0.15, 0.2) is 0 Å². The molecule has 18 aliphatic carbocycles. The van der Waals surface area contributed by atoms with E-state index in [1.165, 1.54) is 173 Å². The van der Waals surface area contributed by atoms with Crippen molar-refractivity contribution in [3.05, 3.63) is 0 Å². The van der Waals surface area contributed by atoms with E-state index in [4.69, 9.17) is 18.9 Å². The summed E-state index contributed by atoms with van der Waals surface area (Å²) in [6.07, 6.45) is 50.1. The lowest BCUT2D eigenvalue weighted by Crippen LogP contribution is -2.46. The molecule has 0 heterocycles. The number of rotatable bonds is 26. The first kappa shape index (κ1) is 103. The van der Waals surface area contributed by atoms with Gasteiger partial charge in [0.25, 0.3) is 0 Å². The first-order valence-electron chi connectivity index (χ1n) is 49.0. The van der Waals surface area contributed by atoms with Crippen molar-refractivity contribution in [1.29, 1.82) is 0 Å². The van der Waals surface area contributed by atoms with Crippen LogP contribution in [-0.4, -0.2) is 68.2 Å². The summed E-state index contributed by atoms with van der Waals surface area (Å²) in [7, 11) is 0. The van der Waals surface area contributed by atoms with Gasteiger partial charge < -0.3 is 29.2 Å².